The second-order valence-electron chi connectivity index (χ2n) is 11.7. The summed E-state index contributed by atoms with van der Waals surface area (Å²) in [6.45, 7) is 11.1. The molecule has 1 aliphatic rings. The molecule has 0 aliphatic carbocycles. The van der Waals surface area contributed by atoms with Crippen molar-refractivity contribution in [2.24, 2.45) is 5.41 Å². The van der Waals surface area contributed by atoms with Crippen LogP contribution >= 0.6 is 36.2 Å². The highest BCUT2D eigenvalue weighted by Crippen LogP contribution is 2.40. The molecule has 0 atom stereocenters. The van der Waals surface area contributed by atoms with Crippen LogP contribution in [0.15, 0.2) is 65.8 Å². The molecular weight excluding hydrogens is 645 g/mol. The number of carbonyl (C=O) groups excluding carboxylic acids is 2. The normalized spacial score (nSPS) is 14.1. The van der Waals surface area contributed by atoms with Crippen LogP contribution in [0.1, 0.15) is 44.6 Å². The van der Waals surface area contributed by atoms with Gasteiger partial charge in [0.25, 0.3) is 5.56 Å². The van der Waals surface area contributed by atoms with Crippen LogP contribution < -0.4 is 20.1 Å². The van der Waals surface area contributed by atoms with Crippen molar-refractivity contribution >= 4 is 69.4 Å². The van der Waals surface area contributed by atoms with Gasteiger partial charge in [0.15, 0.2) is 0 Å². The average Bonchev–Trinajstić information content (AvgIpc) is 3.45. The number of carbonyl (C=O) groups is 2. The Balaban J connectivity index is 0.00000288. The van der Waals surface area contributed by atoms with Gasteiger partial charge in [-0.1, -0.05) is 13.0 Å². The third-order valence-electron chi connectivity index (χ3n) is 8.27. The van der Waals surface area contributed by atoms with Crippen molar-refractivity contribution in [3.63, 3.8) is 0 Å². The van der Waals surface area contributed by atoms with E-state index in [2.05, 4.69) is 22.9 Å². The molecule has 0 saturated carbocycles. The number of amides is 2. The van der Waals surface area contributed by atoms with Crippen LogP contribution in [0.4, 0.5) is 11.4 Å². The fourth-order valence-electron chi connectivity index (χ4n) is 5.70. The number of hydrogen-bond donors (Lipinski definition) is 0. The molecule has 9 nitrogen and oxygen atoms in total. The highest BCUT2D eigenvalue weighted by atomic mass is 35.5. The summed E-state index contributed by atoms with van der Waals surface area (Å²) < 4.78 is 9.00. The monoisotopic (exact) mass is 687 g/mol. The van der Waals surface area contributed by atoms with Crippen molar-refractivity contribution in [1.29, 1.82) is 0 Å². The Hall–Kier alpha value is -3.44. The van der Waals surface area contributed by atoms with Gasteiger partial charge in [-0.25, -0.2) is 0 Å². The number of fused-ring (bicyclic) bond motifs is 2. The second kappa shape index (κ2) is 15.9. The Morgan fingerprint density at radius 2 is 1.76 bits per heavy atom. The summed E-state index contributed by atoms with van der Waals surface area (Å²) in [5.41, 5.74) is 1.38. The lowest BCUT2D eigenvalue weighted by Crippen LogP contribution is -2.47. The van der Waals surface area contributed by atoms with Crippen molar-refractivity contribution in [2.45, 2.75) is 53.6 Å². The number of aryl methyl sites for hydroxylation is 1. The van der Waals surface area contributed by atoms with E-state index in [1.54, 1.807) is 52.8 Å². The number of ether oxygens (including phenoxy) is 1. The van der Waals surface area contributed by atoms with E-state index in [0.29, 0.717) is 49.9 Å². The summed E-state index contributed by atoms with van der Waals surface area (Å²) in [5.74, 6) is 0.194. The molecule has 2 amide bonds. The summed E-state index contributed by atoms with van der Waals surface area (Å²) in [4.78, 5) is 50.6. The third-order valence-corrected chi connectivity index (χ3v) is 9.51. The van der Waals surface area contributed by atoms with E-state index in [1.807, 2.05) is 55.7 Å². The molecule has 0 unspecified atom stereocenters. The molecule has 0 saturated heterocycles. The number of benzene rings is 1. The van der Waals surface area contributed by atoms with Gasteiger partial charge < -0.3 is 19.1 Å². The van der Waals surface area contributed by atoms with Gasteiger partial charge in [-0.15, -0.1) is 36.2 Å². The number of aromatic nitrogens is 2. The second-order valence-corrected chi connectivity index (χ2v) is 12.9. The van der Waals surface area contributed by atoms with Crippen LogP contribution in [0.5, 0.6) is 5.75 Å². The van der Waals surface area contributed by atoms with Crippen LogP contribution in [-0.4, -0.2) is 59.6 Å². The van der Waals surface area contributed by atoms with E-state index < -0.39 is 5.41 Å². The van der Waals surface area contributed by atoms with E-state index in [-0.39, 0.29) is 42.2 Å². The Bertz CT molecular complexity index is 1710. The zero-order valence-corrected chi connectivity index (χ0v) is 29.5. The zero-order valence-electron chi connectivity index (χ0n) is 27.0. The fraction of sp³-hybridized carbons (Fsp3) is 0.412. The lowest BCUT2D eigenvalue weighted by molar-refractivity contribution is -0.137. The van der Waals surface area contributed by atoms with E-state index >= 15 is 0 Å². The maximum atomic E-state index is 13.2. The molecule has 1 aromatic carbocycles. The van der Waals surface area contributed by atoms with Gasteiger partial charge in [0.1, 0.15) is 11.2 Å². The van der Waals surface area contributed by atoms with E-state index in [1.165, 1.54) is 4.88 Å². The Labute approximate surface area is 287 Å². The first-order valence-corrected chi connectivity index (χ1v) is 16.1. The minimum atomic E-state index is -1.15. The molecule has 0 fully saturated rings. The predicted molar refractivity (Wildman–Crippen MR) is 191 cm³/mol. The van der Waals surface area contributed by atoms with E-state index in [0.717, 1.165) is 35.0 Å². The molecule has 46 heavy (non-hydrogen) atoms. The summed E-state index contributed by atoms with van der Waals surface area (Å²) in [5, 5.41) is 0.796. The molecule has 1 aliphatic heterocycles. The van der Waals surface area contributed by atoms with Gasteiger partial charge in [-0.05, 0) is 69.5 Å². The first-order valence-electron chi connectivity index (χ1n) is 15.2. The fourth-order valence-corrected chi connectivity index (χ4v) is 6.69. The number of nitrogens with zero attached hydrogens (tertiary/aromatic N) is 5. The maximum absolute atomic E-state index is 13.2. The van der Waals surface area contributed by atoms with E-state index in [4.69, 9.17) is 4.74 Å². The smallest absolute Gasteiger partial charge is 0.259 e. The number of thiophene rings is 1. The predicted octanol–water partition coefficient (Wildman–Crippen LogP) is 6.19. The number of pyridine rings is 2. The summed E-state index contributed by atoms with van der Waals surface area (Å²) in [7, 11) is 1.71. The lowest BCUT2D eigenvalue weighted by Gasteiger charge is -2.27. The Morgan fingerprint density at radius 3 is 2.46 bits per heavy atom. The third kappa shape index (κ3) is 7.74. The van der Waals surface area contributed by atoms with Crippen LogP contribution in [0.3, 0.4) is 0 Å². The molecular formula is C34H43Cl2N5O4S. The molecule has 4 heterocycles. The summed E-state index contributed by atoms with van der Waals surface area (Å²) >= 11 is 1.69. The van der Waals surface area contributed by atoms with Gasteiger partial charge >= 0.3 is 0 Å². The molecule has 0 radical (unpaired) electrons. The molecule has 12 heteroatoms. The van der Waals surface area contributed by atoms with Crippen molar-refractivity contribution in [2.75, 3.05) is 43.1 Å². The lowest BCUT2D eigenvalue weighted by atomic mass is 9.90. The molecule has 3 aromatic heterocycles. The van der Waals surface area contributed by atoms with Crippen molar-refractivity contribution in [3.05, 3.63) is 81.8 Å². The van der Waals surface area contributed by atoms with Crippen LogP contribution in [0.25, 0.3) is 10.1 Å². The Morgan fingerprint density at radius 1 is 0.978 bits per heavy atom. The van der Waals surface area contributed by atoms with Gasteiger partial charge in [0.05, 0.1) is 23.4 Å². The molecule has 0 N–H and O–H groups in total. The standard InChI is InChI=1S/C34H41N5O4S.2ClH/c1-6-26-21-27-30(44-26)13-16-38(31(27)40)18-17-37(23-24-10-8-14-35-22-24)15-9-19-43-25-11-12-28-29(20-25)36(5)32(41)34(3,4)33(42)39(28)7-2;;/h8,10-14,16,20-22H,6-7,9,15,17-19,23H2,1-5H3;2*1H. The number of anilines is 2. The molecule has 5 rings (SSSR count). The highest BCUT2D eigenvalue weighted by molar-refractivity contribution is 7.19. The average molecular weight is 689 g/mol. The van der Waals surface area contributed by atoms with Crippen molar-refractivity contribution in [1.82, 2.24) is 14.5 Å². The topological polar surface area (TPSA) is 88.0 Å². The number of hydrogen-bond acceptors (Lipinski definition) is 7. The van der Waals surface area contributed by atoms with Gasteiger partial charge in [0.2, 0.25) is 11.8 Å². The van der Waals surface area contributed by atoms with Crippen molar-refractivity contribution < 1.29 is 14.3 Å². The largest absolute Gasteiger partial charge is 0.493 e. The summed E-state index contributed by atoms with van der Waals surface area (Å²) in [6.07, 6.45) is 7.23. The van der Waals surface area contributed by atoms with Crippen LogP contribution in [0.2, 0.25) is 0 Å². The Kier molecular flexibility index (Phi) is 12.8. The zero-order chi connectivity index (χ0) is 31.4. The highest BCUT2D eigenvalue weighted by Gasteiger charge is 2.45. The van der Waals surface area contributed by atoms with Gasteiger partial charge in [-0.2, -0.15) is 0 Å². The summed E-state index contributed by atoms with van der Waals surface area (Å²) in [6, 6.07) is 13.6. The SMILES string of the molecule is CCc1cc2c(=O)n(CCN(CCCOc3ccc4c(c3)N(C)C(=O)C(C)(C)C(=O)N4CC)Cc3cccnc3)ccc2s1.Cl.Cl. The van der Waals surface area contributed by atoms with Crippen LogP contribution in [-0.2, 0) is 29.1 Å². The number of rotatable bonds is 12. The quantitative estimate of drug-likeness (QED) is 0.130. The first kappa shape index (κ1) is 37.0. The first-order chi connectivity index (χ1) is 21.1. The van der Waals surface area contributed by atoms with E-state index in [9.17, 15) is 14.4 Å². The van der Waals surface area contributed by atoms with Crippen LogP contribution in [0, 0.1) is 5.41 Å². The van der Waals surface area contributed by atoms with Crippen molar-refractivity contribution in [3.8, 4) is 5.75 Å². The number of halogens is 2. The maximum Gasteiger partial charge on any atom is 0.259 e. The molecule has 4 aromatic rings. The van der Waals surface area contributed by atoms with Gasteiger partial charge in [0, 0.05) is 74.0 Å². The molecule has 248 valence electrons. The van der Waals surface area contributed by atoms with Gasteiger partial charge in [-0.3, -0.25) is 24.3 Å². The molecule has 0 bridgehead atoms. The minimum Gasteiger partial charge on any atom is -0.493 e. The molecule has 0 spiro atoms. The minimum absolute atomic E-state index is 0.